The van der Waals surface area contributed by atoms with Gasteiger partial charge in [0.15, 0.2) is 11.5 Å². The van der Waals surface area contributed by atoms with Gasteiger partial charge in [0.2, 0.25) is 0 Å². The third kappa shape index (κ3) is 5.65. The highest BCUT2D eigenvalue weighted by molar-refractivity contribution is 6.46. The Labute approximate surface area is 218 Å². The lowest BCUT2D eigenvalue weighted by atomic mass is 9.93. The Bertz CT molecular complexity index is 1180. The molecule has 1 unspecified atom stereocenters. The van der Waals surface area contributed by atoms with Crippen molar-refractivity contribution in [2.24, 2.45) is 0 Å². The summed E-state index contributed by atoms with van der Waals surface area (Å²) < 4.78 is 16.6. The van der Waals surface area contributed by atoms with Gasteiger partial charge in [0.25, 0.3) is 11.7 Å². The Morgan fingerprint density at radius 1 is 1.05 bits per heavy atom. The van der Waals surface area contributed by atoms with E-state index in [0.717, 1.165) is 30.8 Å². The van der Waals surface area contributed by atoms with Crippen LogP contribution in [0, 0.1) is 13.8 Å². The predicted molar refractivity (Wildman–Crippen MR) is 141 cm³/mol. The van der Waals surface area contributed by atoms with Crippen LogP contribution in [0.4, 0.5) is 0 Å². The molecule has 2 heterocycles. The van der Waals surface area contributed by atoms with Gasteiger partial charge in [-0.25, -0.2) is 0 Å². The number of hydrogen-bond acceptors (Lipinski definition) is 7. The summed E-state index contributed by atoms with van der Waals surface area (Å²) in [5.41, 5.74) is 3.10. The summed E-state index contributed by atoms with van der Waals surface area (Å²) in [4.78, 5) is 30.6. The maximum atomic E-state index is 13.4. The third-order valence-electron chi connectivity index (χ3n) is 6.97. The molecule has 0 aliphatic carbocycles. The first-order valence-corrected chi connectivity index (χ1v) is 12.8. The topological polar surface area (TPSA) is 88.5 Å². The van der Waals surface area contributed by atoms with E-state index in [0.29, 0.717) is 55.4 Å². The highest BCUT2D eigenvalue weighted by Crippen LogP contribution is 2.42. The normalized spacial score (nSPS) is 19.9. The number of aryl methyl sites for hydroxylation is 2. The van der Waals surface area contributed by atoms with Crippen molar-refractivity contribution in [3.8, 4) is 11.5 Å². The summed E-state index contributed by atoms with van der Waals surface area (Å²) in [6.45, 7) is 10.4. The molecule has 2 aliphatic heterocycles. The number of benzene rings is 2. The fourth-order valence-corrected chi connectivity index (χ4v) is 5.01. The second-order valence-corrected chi connectivity index (χ2v) is 9.46. The predicted octanol–water partition coefficient (Wildman–Crippen LogP) is 3.85. The molecule has 198 valence electrons. The van der Waals surface area contributed by atoms with Crippen molar-refractivity contribution in [2.45, 2.75) is 33.2 Å². The zero-order valence-electron chi connectivity index (χ0n) is 22.1. The van der Waals surface area contributed by atoms with Crippen LogP contribution in [0.25, 0.3) is 5.76 Å². The van der Waals surface area contributed by atoms with Gasteiger partial charge in [-0.3, -0.25) is 14.5 Å². The fourth-order valence-electron chi connectivity index (χ4n) is 5.01. The molecule has 0 aromatic heterocycles. The number of amides is 1. The van der Waals surface area contributed by atoms with Gasteiger partial charge < -0.3 is 24.2 Å². The van der Waals surface area contributed by atoms with E-state index in [1.807, 2.05) is 45.0 Å². The van der Waals surface area contributed by atoms with Gasteiger partial charge in [-0.1, -0.05) is 23.8 Å². The minimum absolute atomic E-state index is 0.0938. The molecule has 2 saturated heterocycles. The summed E-state index contributed by atoms with van der Waals surface area (Å²) in [6.07, 6.45) is 0.696. The Morgan fingerprint density at radius 3 is 2.51 bits per heavy atom. The zero-order chi connectivity index (χ0) is 26.5. The Morgan fingerprint density at radius 2 is 1.81 bits per heavy atom. The summed E-state index contributed by atoms with van der Waals surface area (Å²) >= 11 is 0. The van der Waals surface area contributed by atoms with E-state index < -0.39 is 17.7 Å². The molecule has 4 rings (SSSR count). The molecule has 0 bridgehead atoms. The highest BCUT2D eigenvalue weighted by atomic mass is 16.5. The van der Waals surface area contributed by atoms with Crippen LogP contribution >= 0.6 is 0 Å². The Kier molecular flexibility index (Phi) is 8.51. The van der Waals surface area contributed by atoms with E-state index in [1.54, 1.807) is 24.1 Å². The Balaban J connectivity index is 1.75. The molecule has 0 saturated carbocycles. The average Bonchev–Trinajstić information content (AvgIpc) is 3.15. The number of likely N-dealkylation sites (tertiary alicyclic amines) is 1. The van der Waals surface area contributed by atoms with Crippen molar-refractivity contribution in [3.05, 3.63) is 64.2 Å². The highest BCUT2D eigenvalue weighted by Gasteiger charge is 2.46. The summed E-state index contributed by atoms with van der Waals surface area (Å²) in [7, 11) is 1.55. The van der Waals surface area contributed by atoms with Gasteiger partial charge in [0.1, 0.15) is 5.76 Å². The molecule has 2 aliphatic rings. The number of ketones is 1. The smallest absolute Gasteiger partial charge is 0.295 e. The molecule has 2 fully saturated rings. The van der Waals surface area contributed by atoms with Crippen molar-refractivity contribution >= 4 is 17.4 Å². The number of hydrogen-bond donors (Lipinski definition) is 1. The van der Waals surface area contributed by atoms with Crippen LogP contribution in [0.2, 0.25) is 0 Å². The number of nitrogens with zero attached hydrogens (tertiary/aromatic N) is 2. The molecule has 2 aromatic rings. The minimum atomic E-state index is -0.742. The van der Waals surface area contributed by atoms with Crippen molar-refractivity contribution in [2.75, 3.05) is 53.1 Å². The number of carbonyl (C=O) groups is 2. The number of ether oxygens (including phenoxy) is 3. The van der Waals surface area contributed by atoms with Gasteiger partial charge in [0.05, 0.1) is 38.5 Å². The van der Waals surface area contributed by atoms with Crippen LogP contribution in [0.5, 0.6) is 11.5 Å². The largest absolute Gasteiger partial charge is 0.507 e. The minimum Gasteiger partial charge on any atom is -0.507 e. The molecular weight excluding hydrogens is 472 g/mol. The third-order valence-corrected chi connectivity index (χ3v) is 6.97. The zero-order valence-corrected chi connectivity index (χ0v) is 22.1. The number of Topliss-reactive ketones (excluding diaryl/α,β-unsaturated/α-hetero) is 1. The quantitative estimate of drug-likeness (QED) is 0.313. The van der Waals surface area contributed by atoms with Gasteiger partial charge >= 0.3 is 0 Å². The standard InChI is InChI=1S/C29H36N2O6/c1-5-37-23-10-9-21(18-24(23)35-4)26-25(27(32)22-17-19(2)7-8-20(22)3)28(33)29(34)31(26)12-6-11-30-13-15-36-16-14-30/h7-10,17-18,26,32H,5-6,11-16H2,1-4H3/b27-25+. The van der Waals surface area contributed by atoms with Crippen LogP contribution in [-0.2, 0) is 14.3 Å². The van der Waals surface area contributed by atoms with E-state index in [-0.39, 0.29) is 11.3 Å². The first-order valence-electron chi connectivity index (χ1n) is 12.8. The van der Waals surface area contributed by atoms with E-state index in [2.05, 4.69) is 4.90 Å². The maximum absolute atomic E-state index is 13.4. The number of rotatable bonds is 9. The number of morpholine rings is 1. The second-order valence-electron chi connectivity index (χ2n) is 9.46. The van der Waals surface area contributed by atoms with Gasteiger partial charge in [-0.2, -0.15) is 0 Å². The first-order chi connectivity index (χ1) is 17.8. The molecular formula is C29H36N2O6. The molecule has 1 atom stereocenters. The van der Waals surface area contributed by atoms with Crippen molar-refractivity contribution in [1.29, 1.82) is 0 Å². The van der Waals surface area contributed by atoms with Crippen molar-refractivity contribution in [3.63, 3.8) is 0 Å². The van der Waals surface area contributed by atoms with Crippen LogP contribution < -0.4 is 9.47 Å². The maximum Gasteiger partial charge on any atom is 0.295 e. The molecule has 2 aromatic carbocycles. The number of methoxy groups -OCH3 is 1. The monoisotopic (exact) mass is 508 g/mol. The number of carbonyl (C=O) groups excluding carboxylic acids is 2. The molecule has 8 heteroatoms. The molecule has 1 N–H and O–H groups in total. The molecule has 8 nitrogen and oxygen atoms in total. The number of aliphatic hydroxyl groups excluding tert-OH is 1. The fraction of sp³-hybridized carbons (Fsp3) is 0.448. The van der Waals surface area contributed by atoms with Crippen molar-refractivity contribution in [1.82, 2.24) is 9.80 Å². The first kappa shape index (κ1) is 26.7. The van der Waals surface area contributed by atoms with Gasteiger partial charge in [-0.15, -0.1) is 0 Å². The van der Waals surface area contributed by atoms with Crippen molar-refractivity contribution < 1.29 is 28.9 Å². The average molecular weight is 509 g/mol. The lowest BCUT2D eigenvalue weighted by Crippen LogP contribution is -2.39. The van der Waals surface area contributed by atoms with E-state index >= 15 is 0 Å². The lowest BCUT2D eigenvalue weighted by Gasteiger charge is -2.29. The molecule has 0 spiro atoms. The second kappa shape index (κ2) is 11.8. The van der Waals surface area contributed by atoms with Crippen LogP contribution in [0.3, 0.4) is 0 Å². The Hall–Kier alpha value is -3.36. The van der Waals surface area contributed by atoms with E-state index in [4.69, 9.17) is 14.2 Å². The van der Waals surface area contributed by atoms with Crippen LogP contribution in [0.1, 0.15) is 41.6 Å². The molecule has 37 heavy (non-hydrogen) atoms. The number of aliphatic hydroxyl groups is 1. The van der Waals surface area contributed by atoms with Gasteiger partial charge in [-0.05, 0) is 56.5 Å². The van der Waals surface area contributed by atoms with E-state index in [9.17, 15) is 14.7 Å². The van der Waals surface area contributed by atoms with E-state index in [1.165, 1.54) is 0 Å². The molecule has 0 radical (unpaired) electrons. The molecule has 1 amide bonds. The lowest BCUT2D eigenvalue weighted by molar-refractivity contribution is -0.140. The van der Waals surface area contributed by atoms with Crippen LogP contribution in [0.15, 0.2) is 42.0 Å². The summed E-state index contributed by atoms with van der Waals surface area (Å²) in [6, 6.07) is 10.3. The van der Waals surface area contributed by atoms with Crippen LogP contribution in [-0.4, -0.2) is 79.7 Å². The summed E-state index contributed by atoms with van der Waals surface area (Å²) in [5, 5.41) is 11.5. The van der Waals surface area contributed by atoms with Gasteiger partial charge in [0, 0.05) is 31.7 Å². The summed E-state index contributed by atoms with van der Waals surface area (Å²) in [5.74, 6) is -0.361. The SMILES string of the molecule is CCOc1ccc(C2/C(=C(\O)c3cc(C)ccc3C)C(=O)C(=O)N2CCCN2CCOCC2)cc1OC.